The molecule has 0 radical (unpaired) electrons. The molecule has 29 heavy (non-hydrogen) atoms. The van der Waals surface area contributed by atoms with Gasteiger partial charge in [-0.15, -0.1) is 0 Å². The van der Waals surface area contributed by atoms with Crippen molar-refractivity contribution in [3.8, 4) is 11.3 Å². The van der Waals surface area contributed by atoms with E-state index in [1.165, 1.54) is 5.56 Å². The van der Waals surface area contributed by atoms with Gasteiger partial charge in [-0.3, -0.25) is 4.98 Å². The van der Waals surface area contributed by atoms with E-state index < -0.39 is 0 Å². The van der Waals surface area contributed by atoms with Gasteiger partial charge in [-0.1, -0.05) is 27.7 Å². The first kappa shape index (κ1) is 21.9. The zero-order valence-electron chi connectivity index (χ0n) is 18.4. The molecule has 0 aliphatic rings. The lowest BCUT2D eigenvalue weighted by molar-refractivity contribution is 0.482. The lowest BCUT2D eigenvalue weighted by Gasteiger charge is -2.18. The second-order valence-corrected chi connectivity index (χ2v) is 8.53. The van der Waals surface area contributed by atoms with E-state index in [1.807, 2.05) is 13.1 Å². The minimum absolute atomic E-state index is 0.0744. The molecule has 0 amide bonds. The fourth-order valence-electron chi connectivity index (χ4n) is 4.04. The molecule has 5 nitrogen and oxygen atoms in total. The SMILES string of the molecule is CCc1c(-c2nc3c(C)cn(C(CC)CC)c3nc2C)cnc(C(N)CC)c1Br. The third kappa shape index (κ3) is 3.84. The lowest BCUT2D eigenvalue weighted by Crippen LogP contribution is -2.13. The summed E-state index contributed by atoms with van der Waals surface area (Å²) >= 11 is 3.77. The van der Waals surface area contributed by atoms with Gasteiger partial charge in [0.15, 0.2) is 5.65 Å². The Bertz CT molecular complexity index is 1020. The molecule has 156 valence electrons. The van der Waals surface area contributed by atoms with Gasteiger partial charge in [0.05, 0.1) is 17.1 Å². The summed E-state index contributed by atoms with van der Waals surface area (Å²) in [5.74, 6) is 0. The molecule has 0 spiro atoms. The van der Waals surface area contributed by atoms with Gasteiger partial charge in [-0.2, -0.15) is 0 Å². The molecule has 0 aromatic carbocycles. The minimum atomic E-state index is -0.0744. The van der Waals surface area contributed by atoms with Crippen LogP contribution in [0.15, 0.2) is 16.9 Å². The summed E-state index contributed by atoms with van der Waals surface area (Å²) in [6, 6.07) is 0.372. The summed E-state index contributed by atoms with van der Waals surface area (Å²) in [6.45, 7) is 12.8. The maximum absolute atomic E-state index is 6.27. The number of fused-ring (bicyclic) bond motifs is 1. The van der Waals surface area contributed by atoms with Gasteiger partial charge in [0, 0.05) is 34.5 Å². The van der Waals surface area contributed by atoms with Crippen LogP contribution in [0, 0.1) is 13.8 Å². The quantitative estimate of drug-likeness (QED) is 0.457. The molecule has 1 atom stereocenters. The maximum atomic E-state index is 6.27. The Morgan fingerprint density at radius 2 is 1.76 bits per heavy atom. The van der Waals surface area contributed by atoms with E-state index in [-0.39, 0.29) is 6.04 Å². The van der Waals surface area contributed by atoms with Crippen LogP contribution in [0.4, 0.5) is 0 Å². The van der Waals surface area contributed by atoms with Crippen molar-refractivity contribution in [1.82, 2.24) is 19.5 Å². The minimum Gasteiger partial charge on any atom is -0.328 e. The van der Waals surface area contributed by atoms with E-state index in [2.05, 4.69) is 61.3 Å². The monoisotopic (exact) mass is 457 g/mol. The van der Waals surface area contributed by atoms with Gasteiger partial charge in [-0.25, -0.2) is 9.97 Å². The van der Waals surface area contributed by atoms with Gasteiger partial charge in [-0.05, 0) is 66.6 Å². The third-order valence-electron chi connectivity index (χ3n) is 5.89. The van der Waals surface area contributed by atoms with Crippen LogP contribution < -0.4 is 5.73 Å². The summed E-state index contributed by atoms with van der Waals surface area (Å²) in [5, 5.41) is 0. The molecule has 0 aliphatic carbocycles. The van der Waals surface area contributed by atoms with Crippen LogP contribution in [0.25, 0.3) is 22.4 Å². The Hall–Kier alpha value is -1.79. The van der Waals surface area contributed by atoms with Gasteiger partial charge in [0.25, 0.3) is 0 Å². The highest BCUT2D eigenvalue weighted by atomic mass is 79.9. The van der Waals surface area contributed by atoms with Crippen LogP contribution in [0.2, 0.25) is 0 Å². The average Bonchev–Trinajstić information content (AvgIpc) is 3.03. The standard InChI is InChI=1S/C23H32BrN5/c1-7-15(8-2)29-12-13(5)20-23(29)27-14(6)21(28-20)17-11-26-22(18(25)10-4)19(24)16(17)9-3/h11-12,15,18H,7-10,25H2,1-6H3. The molecule has 0 fully saturated rings. The van der Waals surface area contributed by atoms with Crippen LogP contribution in [0.3, 0.4) is 0 Å². The van der Waals surface area contributed by atoms with E-state index >= 15 is 0 Å². The van der Waals surface area contributed by atoms with Crippen molar-refractivity contribution in [1.29, 1.82) is 0 Å². The second kappa shape index (κ2) is 8.92. The highest BCUT2D eigenvalue weighted by molar-refractivity contribution is 9.10. The highest BCUT2D eigenvalue weighted by Gasteiger charge is 2.21. The van der Waals surface area contributed by atoms with Gasteiger partial charge in [0.2, 0.25) is 0 Å². The predicted molar refractivity (Wildman–Crippen MR) is 124 cm³/mol. The molecule has 3 aromatic heterocycles. The lowest BCUT2D eigenvalue weighted by atomic mass is 10.00. The average molecular weight is 458 g/mol. The van der Waals surface area contributed by atoms with Crippen LogP contribution in [0.1, 0.15) is 81.6 Å². The van der Waals surface area contributed by atoms with Crippen LogP contribution in [0.5, 0.6) is 0 Å². The number of hydrogen-bond donors (Lipinski definition) is 1. The Morgan fingerprint density at radius 1 is 1.07 bits per heavy atom. The maximum Gasteiger partial charge on any atom is 0.159 e. The molecule has 3 rings (SSSR count). The second-order valence-electron chi connectivity index (χ2n) is 7.74. The number of nitrogens with zero attached hydrogens (tertiary/aromatic N) is 4. The molecule has 1 unspecified atom stereocenters. The molecule has 0 aliphatic heterocycles. The zero-order chi connectivity index (χ0) is 21.3. The fraction of sp³-hybridized carbons (Fsp3) is 0.522. The number of rotatable bonds is 7. The number of aromatic nitrogens is 4. The number of nitrogens with two attached hydrogens (primary N) is 1. The summed E-state index contributed by atoms with van der Waals surface area (Å²) in [4.78, 5) is 14.8. The first-order valence-electron chi connectivity index (χ1n) is 10.7. The van der Waals surface area contributed by atoms with Crippen molar-refractivity contribution in [2.75, 3.05) is 0 Å². The number of halogens is 1. The molecule has 3 heterocycles. The Kier molecular flexibility index (Phi) is 6.74. The fourth-order valence-corrected chi connectivity index (χ4v) is 4.93. The summed E-state index contributed by atoms with van der Waals surface area (Å²) in [7, 11) is 0. The first-order valence-corrected chi connectivity index (χ1v) is 11.5. The van der Waals surface area contributed by atoms with Crippen LogP contribution >= 0.6 is 15.9 Å². The van der Waals surface area contributed by atoms with Crippen molar-refractivity contribution in [2.45, 2.75) is 79.3 Å². The van der Waals surface area contributed by atoms with E-state index in [4.69, 9.17) is 20.7 Å². The molecule has 0 saturated carbocycles. The molecule has 0 bridgehead atoms. The number of aryl methyl sites for hydroxylation is 2. The Morgan fingerprint density at radius 3 is 2.34 bits per heavy atom. The van der Waals surface area contributed by atoms with E-state index in [0.717, 1.165) is 69.5 Å². The smallest absolute Gasteiger partial charge is 0.159 e. The van der Waals surface area contributed by atoms with Crippen molar-refractivity contribution >= 4 is 27.1 Å². The van der Waals surface area contributed by atoms with Crippen LogP contribution in [-0.2, 0) is 6.42 Å². The molecule has 2 N–H and O–H groups in total. The molecular weight excluding hydrogens is 426 g/mol. The van der Waals surface area contributed by atoms with Crippen molar-refractivity contribution in [2.24, 2.45) is 5.73 Å². The summed E-state index contributed by atoms with van der Waals surface area (Å²) in [6.07, 6.45) is 8.00. The molecule has 0 saturated heterocycles. The van der Waals surface area contributed by atoms with Crippen molar-refractivity contribution in [3.05, 3.63) is 39.4 Å². The van der Waals surface area contributed by atoms with E-state index in [0.29, 0.717) is 6.04 Å². The normalized spacial score (nSPS) is 12.9. The molecule has 3 aromatic rings. The molecular formula is C23H32BrN5. The Balaban J connectivity index is 2.22. The number of pyridine rings is 1. The topological polar surface area (TPSA) is 69.6 Å². The zero-order valence-corrected chi connectivity index (χ0v) is 20.0. The highest BCUT2D eigenvalue weighted by Crippen LogP contribution is 2.35. The Labute approximate surface area is 182 Å². The van der Waals surface area contributed by atoms with Gasteiger partial charge >= 0.3 is 0 Å². The van der Waals surface area contributed by atoms with Crippen molar-refractivity contribution in [3.63, 3.8) is 0 Å². The molecule has 6 heteroatoms. The van der Waals surface area contributed by atoms with Crippen LogP contribution in [-0.4, -0.2) is 19.5 Å². The third-order valence-corrected chi connectivity index (χ3v) is 6.77. The summed E-state index contributed by atoms with van der Waals surface area (Å²) in [5.41, 5.74) is 14.4. The summed E-state index contributed by atoms with van der Waals surface area (Å²) < 4.78 is 3.30. The predicted octanol–water partition coefficient (Wildman–Crippen LogP) is 6.21. The first-order chi connectivity index (χ1) is 13.9. The van der Waals surface area contributed by atoms with Crippen molar-refractivity contribution < 1.29 is 0 Å². The largest absolute Gasteiger partial charge is 0.328 e. The van der Waals surface area contributed by atoms with E-state index in [9.17, 15) is 0 Å². The van der Waals surface area contributed by atoms with Gasteiger partial charge in [0.1, 0.15) is 5.52 Å². The van der Waals surface area contributed by atoms with Gasteiger partial charge < -0.3 is 10.3 Å². The number of hydrogen-bond acceptors (Lipinski definition) is 4. The van der Waals surface area contributed by atoms with E-state index in [1.54, 1.807) is 0 Å².